The molecule has 2 heterocycles. The molecule has 0 saturated heterocycles. The standard InChI is InChI=1S/C52H35NO2/c1-3-13-34(14-4-1)36-25-27-39(28-26-36)53(40-29-30-50-46(32-40)43-20-9-10-24-49(43)54-50)48-33-47-45-23-12-22-41(51(45)55-52(47)44-21-8-7-19-42(44)48)38-18-11-17-37(31-38)35-15-5-2-6-16-35/h1-33,45,51H. The number of hydrogen-bond donors (Lipinski definition) is 0. The number of para-hydroxylation sites is 1. The third-order valence-electron chi connectivity index (χ3n) is 11.2. The van der Waals surface area contributed by atoms with Gasteiger partial charge in [-0.05, 0) is 76.3 Å². The molecule has 260 valence electrons. The molecule has 0 spiro atoms. The van der Waals surface area contributed by atoms with Crippen LogP contribution in [-0.4, -0.2) is 6.10 Å². The van der Waals surface area contributed by atoms with Crippen LogP contribution >= 0.6 is 0 Å². The van der Waals surface area contributed by atoms with Gasteiger partial charge in [0, 0.05) is 50.0 Å². The van der Waals surface area contributed by atoms with Crippen LogP contribution in [0.5, 0.6) is 5.75 Å². The van der Waals surface area contributed by atoms with E-state index in [4.69, 9.17) is 9.15 Å². The summed E-state index contributed by atoms with van der Waals surface area (Å²) in [7, 11) is 0. The average molecular weight is 706 g/mol. The van der Waals surface area contributed by atoms with Gasteiger partial charge in [0.25, 0.3) is 0 Å². The molecule has 1 aliphatic heterocycles. The highest BCUT2D eigenvalue weighted by Gasteiger charge is 2.39. The van der Waals surface area contributed by atoms with Crippen LogP contribution in [0.2, 0.25) is 0 Å². The number of benzene rings is 8. The predicted molar refractivity (Wildman–Crippen MR) is 227 cm³/mol. The second-order valence-electron chi connectivity index (χ2n) is 14.4. The highest BCUT2D eigenvalue weighted by molar-refractivity contribution is 6.08. The maximum absolute atomic E-state index is 7.09. The number of hydrogen-bond acceptors (Lipinski definition) is 3. The van der Waals surface area contributed by atoms with Gasteiger partial charge in [0.15, 0.2) is 0 Å². The molecule has 55 heavy (non-hydrogen) atoms. The minimum Gasteiger partial charge on any atom is -0.484 e. The highest BCUT2D eigenvalue weighted by Crippen LogP contribution is 2.53. The summed E-state index contributed by atoms with van der Waals surface area (Å²) in [6, 6.07) is 64.8. The van der Waals surface area contributed by atoms with Crippen LogP contribution < -0.4 is 9.64 Å². The normalized spacial score (nSPS) is 15.8. The van der Waals surface area contributed by atoms with Gasteiger partial charge in [-0.2, -0.15) is 0 Å². The molecule has 3 nitrogen and oxygen atoms in total. The molecule has 8 aromatic carbocycles. The third-order valence-corrected chi connectivity index (χ3v) is 11.2. The van der Waals surface area contributed by atoms with E-state index in [1.165, 1.54) is 39.0 Å². The van der Waals surface area contributed by atoms with E-state index in [1.54, 1.807) is 0 Å². The van der Waals surface area contributed by atoms with Gasteiger partial charge in [0.1, 0.15) is 23.0 Å². The van der Waals surface area contributed by atoms with E-state index >= 15 is 0 Å². The van der Waals surface area contributed by atoms with Crippen molar-refractivity contribution >= 4 is 55.3 Å². The quantitative estimate of drug-likeness (QED) is 0.172. The molecule has 0 N–H and O–H groups in total. The lowest BCUT2D eigenvalue weighted by Gasteiger charge is -2.28. The summed E-state index contributed by atoms with van der Waals surface area (Å²) in [4.78, 5) is 2.40. The summed E-state index contributed by atoms with van der Waals surface area (Å²) < 4.78 is 13.4. The first kappa shape index (κ1) is 31.4. The van der Waals surface area contributed by atoms with E-state index in [0.717, 1.165) is 55.5 Å². The first-order valence-corrected chi connectivity index (χ1v) is 18.9. The molecule has 0 saturated carbocycles. The van der Waals surface area contributed by atoms with E-state index in [1.807, 2.05) is 12.1 Å². The maximum Gasteiger partial charge on any atom is 0.135 e. The lowest BCUT2D eigenvalue weighted by atomic mass is 9.83. The van der Waals surface area contributed by atoms with Gasteiger partial charge in [0.2, 0.25) is 0 Å². The molecular formula is C52H35NO2. The summed E-state index contributed by atoms with van der Waals surface area (Å²) in [6.45, 7) is 0. The summed E-state index contributed by atoms with van der Waals surface area (Å²) in [6.07, 6.45) is 6.60. The van der Waals surface area contributed by atoms with Crippen molar-refractivity contribution in [3.63, 3.8) is 0 Å². The molecule has 1 aromatic heterocycles. The third kappa shape index (κ3) is 5.27. The fraction of sp³-hybridized carbons (Fsp3) is 0.0385. The van der Waals surface area contributed by atoms with Crippen LogP contribution in [0.1, 0.15) is 17.0 Å². The van der Waals surface area contributed by atoms with Gasteiger partial charge in [-0.25, -0.2) is 0 Å². The second kappa shape index (κ2) is 12.8. The highest BCUT2D eigenvalue weighted by atomic mass is 16.5. The van der Waals surface area contributed by atoms with Crippen molar-refractivity contribution in [1.82, 2.24) is 0 Å². The molecule has 0 fully saturated rings. The van der Waals surface area contributed by atoms with Gasteiger partial charge >= 0.3 is 0 Å². The molecule has 2 atom stereocenters. The minimum atomic E-state index is -0.142. The van der Waals surface area contributed by atoms with Crippen molar-refractivity contribution in [2.24, 2.45) is 0 Å². The summed E-state index contributed by atoms with van der Waals surface area (Å²) in [5.41, 5.74) is 13.4. The number of allylic oxidation sites excluding steroid dienone is 2. The van der Waals surface area contributed by atoms with Crippen LogP contribution in [0, 0.1) is 0 Å². The van der Waals surface area contributed by atoms with Crippen LogP contribution in [0.15, 0.2) is 205 Å². The van der Waals surface area contributed by atoms with Crippen LogP contribution in [0.25, 0.3) is 60.5 Å². The Balaban J connectivity index is 1.07. The SMILES string of the molecule is C1=CC2c3cc(N(c4ccc(-c5ccccc5)cc4)c4ccc5oc6ccccc6c5c4)c4ccccc4c3OC2C(c2cccc(-c3ccccc3)c2)=C1. The molecule has 0 radical (unpaired) electrons. The fourth-order valence-corrected chi connectivity index (χ4v) is 8.60. The predicted octanol–water partition coefficient (Wildman–Crippen LogP) is 14.0. The van der Waals surface area contributed by atoms with E-state index in [2.05, 4.69) is 193 Å². The van der Waals surface area contributed by atoms with Crippen molar-refractivity contribution in [2.45, 2.75) is 12.0 Å². The molecule has 1 aliphatic carbocycles. The summed E-state index contributed by atoms with van der Waals surface area (Å²) >= 11 is 0. The first-order chi connectivity index (χ1) is 27.3. The number of furan rings is 1. The lowest BCUT2D eigenvalue weighted by Crippen LogP contribution is -2.21. The zero-order chi connectivity index (χ0) is 36.3. The number of anilines is 3. The molecule has 11 rings (SSSR count). The molecular weight excluding hydrogens is 671 g/mol. The van der Waals surface area contributed by atoms with Crippen LogP contribution in [-0.2, 0) is 0 Å². The lowest BCUT2D eigenvalue weighted by molar-refractivity contribution is 0.281. The van der Waals surface area contributed by atoms with Gasteiger partial charge in [0.05, 0.1) is 5.69 Å². The Morgan fingerprint density at radius 2 is 1.05 bits per heavy atom. The monoisotopic (exact) mass is 705 g/mol. The van der Waals surface area contributed by atoms with Crippen molar-refractivity contribution in [2.75, 3.05) is 4.90 Å². The Bertz CT molecular complexity index is 2960. The Hall–Kier alpha value is -7.10. The van der Waals surface area contributed by atoms with E-state index in [9.17, 15) is 0 Å². The summed E-state index contributed by atoms with van der Waals surface area (Å²) in [5.74, 6) is 1.02. The maximum atomic E-state index is 7.09. The van der Waals surface area contributed by atoms with Crippen molar-refractivity contribution < 1.29 is 9.15 Å². The van der Waals surface area contributed by atoms with E-state index < -0.39 is 0 Å². The average Bonchev–Trinajstić information content (AvgIpc) is 3.83. The Morgan fingerprint density at radius 1 is 0.436 bits per heavy atom. The molecule has 0 bridgehead atoms. The van der Waals surface area contributed by atoms with Gasteiger partial charge < -0.3 is 14.1 Å². The molecule has 9 aromatic rings. The smallest absolute Gasteiger partial charge is 0.135 e. The summed E-state index contributed by atoms with van der Waals surface area (Å²) in [5, 5.41) is 4.44. The van der Waals surface area contributed by atoms with Crippen molar-refractivity contribution in [1.29, 1.82) is 0 Å². The fourth-order valence-electron chi connectivity index (χ4n) is 8.60. The zero-order valence-electron chi connectivity index (χ0n) is 30.0. The Morgan fingerprint density at radius 3 is 1.85 bits per heavy atom. The number of nitrogens with zero attached hydrogens (tertiary/aromatic N) is 1. The molecule has 2 aliphatic rings. The second-order valence-corrected chi connectivity index (χ2v) is 14.4. The van der Waals surface area contributed by atoms with E-state index in [0.29, 0.717) is 0 Å². The van der Waals surface area contributed by atoms with Gasteiger partial charge in [-0.15, -0.1) is 0 Å². The van der Waals surface area contributed by atoms with Gasteiger partial charge in [-0.1, -0.05) is 152 Å². The van der Waals surface area contributed by atoms with Crippen molar-refractivity contribution in [3.8, 4) is 28.0 Å². The number of ether oxygens (including phenoxy) is 1. The molecule has 2 unspecified atom stereocenters. The molecule has 3 heteroatoms. The first-order valence-electron chi connectivity index (χ1n) is 18.9. The number of rotatable bonds is 6. The minimum absolute atomic E-state index is 0.0568. The van der Waals surface area contributed by atoms with E-state index in [-0.39, 0.29) is 12.0 Å². The Labute approximate surface area is 319 Å². The van der Waals surface area contributed by atoms with Crippen LogP contribution in [0.4, 0.5) is 17.1 Å². The number of fused-ring (bicyclic) bond motifs is 8. The molecule has 0 amide bonds. The largest absolute Gasteiger partial charge is 0.484 e. The Kier molecular flexibility index (Phi) is 7.31. The van der Waals surface area contributed by atoms with Crippen molar-refractivity contribution in [3.05, 3.63) is 211 Å². The zero-order valence-corrected chi connectivity index (χ0v) is 30.0. The topological polar surface area (TPSA) is 25.6 Å². The van der Waals surface area contributed by atoms with Crippen LogP contribution in [0.3, 0.4) is 0 Å². The van der Waals surface area contributed by atoms with Gasteiger partial charge in [-0.3, -0.25) is 0 Å².